The predicted molar refractivity (Wildman–Crippen MR) is 106 cm³/mol. The molecule has 0 spiro atoms. The van der Waals surface area contributed by atoms with Crippen LogP contribution in [0, 0.1) is 11.3 Å². The first-order chi connectivity index (χ1) is 13.2. The summed E-state index contributed by atoms with van der Waals surface area (Å²) < 4.78 is 5.61. The zero-order valence-electron chi connectivity index (χ0n) is 14.2. The van der Waals surface area contributed by atoms with Crippen molar-refractivity contribution in [2.24, 2.45) is 5.10 Å². The monoisotopic (exact) mass is 393 g/mol. The molecule has 5 nitrogen and oxygen atoms in total. The summed E-state index contributed by atoms with van der Waals surface area (Å²) in [7, 11) is 0. The van der Waals surface area contributed by atoms with E-state index in [1.54, 1.807) is 46.9 Å². The van der Waals surface area contributed by atoms with Crippen LogP contribution in [0.15, 0.2) is 64.4 Å². The van der Waals surface area contributed by atoms with E-state index in [1.165, 1.54) is 5.01 Å². The van der Waals surface area contributed by atoms with E-state index in [0.29, 0.717) is 17.7 Å². The van der Waals surface area contributed by atoms with Crippen LogP contribution in [0.25, 0.3) is 0 Å². The SMILES string of the molecule is N#Cc1cccc(OCC(=O)N2N=C(c3cccs3)C[C@H]2c2cccs2)c1. The van der Waals surface area contributed by atoms with Crippen LogP contribution in [0.2, 0.25) is 0 Å². The molecule has 0 unspecified atom stereocenters. The lowest BCUT2D eigenvalue weighted by Gasteiger charge is -2.20. The molecule has 0 bridgehead atoms. The molecule has 3 heterocycles. The fourth-order valence-corrected chi connectivity index (χ4v) is 4.43. The van der Waals surface area contributed by atoms with Gasteiger partial charge in [0.25, 0.3) is 5.91 Å². The van der Waals surface area contributed by atoms with E-state index in [9.17, 15) is 4.79 Å². The quantitative estimate of drug-likeness (QED) is 0.644. The van der Waals surface area contributed by atoms with Crippen LogP contribution in [-0.2, 0) is 4.79 Å². The number of benzene rings is 1. The van der Waals surface area contributed by atoms with Crippen molar-refractivity contribution in [3.63, 3.8) is 0 Å². The number of carbonyl (C=O) groups is 1. The minimum absolute atomic E-state index is 0.108. The molecule has 134 valence electrons. The molecule has 0 aliphatic carbocycles. The Hall–Kier alpha value is -2.95. The molecule has 1 amide bonds. The Morgan fingerprint density at radius 1 is 1.22 bits per heavy atom. The van der Waals surface area contributed by atoms with Gasteiger partial charge in [0.2, 0.25) is 0 Å². The molecule has 0 N–H and O–H groups in total. The molecule has 7 heteroatoms. The van der Waals surface area contributed by atoms with E-state index in [-0.39, 0.29) is 18.6 Å². The number of thiophene rings is 2. The molecule has 0 saturated heterocycles. The van der Waals surface area contributed by atoms with Gasteiger partial charge in [-0.25, -0.2) is 5.01 Å². The minimum atomic E-state index is -0.206. The molecular formula is C20H15N3O2S2. The first kappa shape index (κ1) is 17.5. The molecule has 0 saturated carbocycles. The lowest BCUT2D eigenvalue weighted by Crippen LogP contribution is -2.31. The molecule has 3 aromatic rings. The maximum absolute atomic E-state index is 12.8. The number of amides is 1. The Bertz CT molecular complexity index is 1000. The lowest BCUT2D eigenvalue weighted by atomic mass is 10.1. The van der Waals surface area contributed by atoms with Gasteiger partial charge in [0.1, 0.15) is 5.75 Å². The summed E-state index contributed by atoms with van der Waals surface area (Å²) in [5, 5.41) is 19.1. The number of rotatable bonds is 5. The highest BCUT2D eigenvalue weighted by atomic mass is 32.1. The van der Waals surface area contributed by atoms with Gasteiger partial charge in [0.15, 0.2) is 6.61 Å². The zero-order chi connectivity index (χ0) is 18.6. The van der Waals surface area contributed by atoms with Crippen LogP contribution >= 0.6 is 22.7 Å². The number of hydrogen-bond donors (Lipinski definition) is 0. The Kier molecular flexibility index (Phi) is 5.01. The number of nitrogens with zero attached hydrogens (tertiary/aromatic N) is 3. The van der Waals surface area contributed by atoms with Crippen molar-refractivity contribution in [2.75, 3.05) is 6.61 Å². The van der Waals surface area contributed by atoms with Crippen molar-refractivity contribution in [3.8, 4) is 11.8 Å². The minimum Gasteiger partial charge on any atom is -0.484 e. The molecule has 0 fully saturated rings. The number of nitriles is 1. The van der Waals surface area contributed by atoms with Gasteiger partial charge in [-0.1, -0.05) is 18.2 Å². The standard InChI is InChI=1S/C20H15N3O2S2/c21-12-14-4-1-5-15(10-14)25-13-20(24)23-17(19-7-3-9-27-19)11-16(22-23)18-6-2-8-26-18/h1-10,17H,11,13H2/t17-/m0/s1. The van der Waals surface area contributed by atoms with E-state index in [2.05, 4.69) is 11.2 Å². The average Bonchev–Trinajstić information content (AvgIpc) is 3.46. The van der Waals surface area contributed by atoms with Gasteiger partial charge in [-0.2, -0.15) is 10.4 Å². The van der Waals surface area contributed by atoms with Crippen LogP contribution in [0.3, 0.4) is 0 Å². The third kappa shape index (κ3) is 3.77. The topological polar surface area (TPSA) is 65.7 Å². The van der Waals surface area contributed by atoms with Gasteiger partial charge in [-0.3, -0.25) is 4.79 Å². The second-order valence-corrected chi connectivity index (χ2v) is 7.85. The summed E-state index contributed by atoms with van der Waals surface area (Å²) in [6.07, 6.45) is 0.691. The molecule has 4 rings (SSSR count). The van der Waals surface area contributed by atoms with Crippen LogP contribution in [0.5, 0.6) is 5.75 Å². The largest absolute Gasteiger partial charge is 0.484 e. The number of carbonyl (C=O) groups excluding carboxylic acids is 1. The van der Waals surface area contributed by atoms with Gasteiger partial charge in [0, 0.05) is 11.3 Å². The van der Waals surface area contributed by atoms with Gasteiger partial charge in [-0.05, 0) is 41.1 Å². The van der Waals surface area contributed by atoms with E-state index in [0.717, 1.165) is 15.5 Å². The Morgan fingerprint density at radius 2 is 2.07 bits per heavy atom. The highest BCUT2D eigenvalue weighted by Gasteiger charge is 2.34. The average molecular weight is 393 g/mol. The first-order valence-corrected chi connectivity index (χ1v) is 10.1. The Balaban J connectivity index is 1.52. The van der Waals surface area contributed by atoms with Crippen molar-refractivity contribution < 1.29 is 9.53 Å². The Labute approximate surface area is 164 Å². The number of hydrogen-bond acceptors (Lipinski definition) is 6. The number of ether oxygens (including phenoxy) is 1. The van der Waals surface area contributed by atoms with Gasteiger partial charge < -0.3 is 4.74 Å². The predicted octanol–water partition coefficient (Wildman–Crippen LogP) is 4.44. The van der Waals surface area contributed by atoms with Gasteiger partial charge in [0.05, 0.1) is 28.3 Å². The fraction of sp³-hybridized carbons (Fsp3) is 0.150. The van der Waals surface area contributed by atoms with Crippen molar-refractivity contribution in [1.29, 1.82) is 5.26 Å². The molecule has 1 aliphatic rings. The smallest absolute Gasteiger partial charge is 0.281 e. The molecular weight excluding hydrogens is 378 g/mol. The fourth-order valence-electron chi connectivity index (χ4n) is 2.90. The van der Waals surface area contributed by atoms with E-state index in [1.807, 2.05) is 35.0 Å². The molecule has 27 heavy (non-hydrogen) atoms. The van der Waals surface area contributed by atoms with E-state index in [4.69, 9.17) is 10.00 Å². The highest BCUT2D eigenvalue weighted by Crippen LogP contribution is 2.35. The van der Waals surface area contributed by atoms with Crippen LogP contribution in [0.1, 0.15) is 27.8 Å². The van der Waals surface area contributed by atoms with Crippen LogP contribution in [0.4, 0.5) is 0 Å². The summed E-state index contributed by atoms with van der Waals surface area (Å²) in [4.78, 5) is 15.0. The summed E-state index contributed by atoms with van der Waals surface area (Å²) in [5.74, 6) is 0.291. The van der Waals surface area contributed by atoms with Crippen LogP contribution < -0.4 is 4.74 Å². The molecule has 1 aromatic carbocycles. The van der Waals surface area contributed by atoms with Crippen molar-refractivity contribution in [2.45, 2.75) is 12.5 Å². The first-order valence-electron chi connectivity index (χ1n) is 8.34. The van der Waals surface area contributed by atoms with E-state index < -0.39 is 0 Å². The second kappa shape index (κ2) is 7.74. The lowest BCUT2D eigenvalue weighted by molar-refractivity contribution is -0.135. The van der Waals surface area contributed by atoms with Crippen molar-refractivity contribution in [3.05, 3.63) is 74.6 Å². The molecule has 2 aromatic heterocycles. The van der Waals surface area contributed by atoms with E-state index >= 15 is 0 Å². The van der Waals surface area contributed by atoms with Gasteiger partial charge in [-0.15, -0.1) is 22.7 Å². The van der Waals surface area contributed by atoms with Crippen LogP contribution in [-0.4, -0.2) is 23.2 Å². The third-order valence-electron chi connectivity index (χ3n) is 4.17. The normalized spacial score (nSPS) is 16.0. The van der Waals surface area contributed by atoms with Gasteiger partial charge >= 0.3 is 0 Å². The maximum Gasteiger partial charge on any atom is 0.281 e. The van der Waals surface area contributed by atoms with Crippen molar-refractivity contribution >= 4 is 34.3 Å². The molecule has 0 radical (unpaired) electrons. The zero-order valence-corrected chi connectivity index (χ0v) is 15.9. The summed E-state index contributed by atoms with van der Waals surface area (Å²) in [6, 6.07) is 16.7. The molecule has 1 aliphatic heterocycles. The number of hydrazone groups is 1. The highest BCUT2D eigenvalue weighted by molar-refractivity contribution is 7.12. The second-order valence-electron chi connectivity index (χ2n) is 5.93. The Morgan fingerprint density at radius 3 is 2.81 bits per heavy atom. The summed E-state index contributed by atoms with van der Waals surface area (Å²) >= 11 is 3.24. The molecule has 1 atom stereocenters. The summed E-state index contributed by atoms with van der Waals surface area (Å²) in [6.45, 7) is -0.127. The maximum atomic E-state index is 12.8. The van der Waals surface area contributed by atoms with Crippen molar-refractivity contribution in [1.82, 2.24) is 5.01 Å². The third-order valence-corrected chi connectivity index (χ3v) is 6.06. The summed E-state index contributed by atoms with van der Waals surface area (Å²) in [5.41, 5.74) is 1.42.